The quantitative estimate of drug-likeness (QED) is 0.656. The average molecular weight is 493 g/mol. The highest BCUT2D eigenvalue weighted by Gasteiger charge is 2.28. The molecule has 11 heteroatoms. The fourth-order valence-electron chi connectivity index (χ4n) is 3.92. The van der Waals surface area contributed by atoms with E-state index >= 15 is 0 Å². The summed E-state index contributed by atoms with van der Waals surface area (Å²) >= 11 is 1.42. The van der Waals surface area contributed by atoms with Crippen molar-refractivity contribution in [2.75, 3.05) is 64.3 Å². The molecule has 1 aromatic heterocycles. The van der Waals surface area contributed by atoms with Crippen LogP contribution < -0.4 is 5.32 Å². The van der Waals surface area contributed by atoms with E-state index in [1.54, 1.807) is 34.9 Å². The van der Waals surface area contributed by atoms with Crippen LogP contribution in [-0.2, 0) is 19.6 Å². The number of piperazine rings is 1. The second-order valence-corrected chi connectivity index (χ2v) is 10.9. The van der Waals surface area contributed by atoms with E-state index in [4.69, 9.17) is 4.74 Å². The second-order valence-electron chi connectivity index (χ2n) is 8.00. The third-order valence-corrected chi connectivity index (χ3v) is 8.77. The Kier molecular flexibility index (Phi) is 7.32. The third kappa shape index (κ3) is 5.37. The Morgan fingerprint density at radius 3 is 2.39 bits per heavy atom. The van der Waals surface area contributed by atoms with E-state index in [-0.39, 0.29) is 23.3 Å². The zero-order chi connectivity index (χ0) is 23.4. The number of amides is 2. The number of nitrogens with zero attached hydrogens (tertiary/aromatic N) is 3. The molecule has 33 heavy (non-hydrogen) atoms. The summed E-state index contributed by atoms with van der Waals surface area (Å²) in [6.45, 7) is 5.19. The Morgan fingerprint density at radius 2 is 1.73 bits per heavy atom. The number of morpholine rings is 1. The molecule has 178 valence electrons. The monoisotopic (exact) mass is 492 g/mol. The minimum absolute atomic E-state index is 0.00360. The Bertz CT molecular complexity index is 1090. The van der Waals surface area contributed by atoms with Gasteiger partial charge in [-0.15, -0.1) is 11.3 Å². The van der Waals surface area contributed by atoms with Crippen LogP contribution >= 0.6 is 11.3 Å². The summed E-state index contributed by atoms with van der Waals surface area (Å²) in [5.41, 5.74) is 1.23. The normalized spacial score (nSPS) is 17.7. The van der Waals surface area contributed by atoms with Gasteiger partial charge in [-0.1, -0.05) is 12.1 Å². The molecule has 0 bridgehead atoms. The second kappa shape index (κ2) is 10.2. The smallest absolute Gasteiger partial charge is 0.264 e. The number of hydrogen-bond acceptors (Lipinski definition) is 7. The lowest BCUT2D eigenvalue weighted by molar-refractivity contribution is -0.130. The Balaban J connectivity index is 1.33. The minimum Gasteiger partial charge on any atom is -0.379 e. The number of carbonyl (C=O) groups excluding carboxylic acids is 2. The molecule has 2 aliphatic rings. The highest BCUT2D eigenvalue weighted by molar-refractivity contribution is 7.89. The van der Waals surface area contributed by atoms with E-state index in [0.29, 0.717) is 68.6 Å². The lowest BCUT2D eigenvalue weighted by atomic mass is 10.2. The fourth-order valence-corrected chi connectivity index (χ4v) is 6.27. The van der Waals surface area contributed by atoms with Crippen molar-refractivity contribution >= 4 is 38.9 Å². The van der Waals surface area contributed by atoms with Gasteiger partial charge in [-0.25, -0.2) is 8.42 Å². The lowest BCUT2D eigenvalue weighted by Crippen LogP contribution is -2.51. The molecular weight excluding hydrogens is 464 g/mol. The van der Waals surface area contributed by atoms with Crippen LogP contribution in [0.4, 0.5) is 5.69 Å². The van der Waals surface area contributed by atoms with E-state index in [9.17, 15) is 18.0 Å². The van der Waals surface area contributed by atoms with Crippen LogP contribution in [0.2, 0.25) is 0 Å². The number of sulfonamides is 1. The molecule has 0 saturated carbocycles. The summed E-state index contributed by atoms with van der Waals surface area (Å²) in [5, 5.41) is 4.94. The van der Waals surface area contributed by atoms with Crippen LogP contribution in [-0.4, -0.2) is 93.4 Å². The first-order valence-corrected chi connectivity index (χ1v) is 13.2. The number of anilines is 1. The molecule has 0 unspecified atom stereocenters. The summed E-state index contributed by atoms with van der Waals surface area (Å²) in [6.07, 6.45) is 0. The van der Waals surface area contributed by atoms with Crippen molar-refractivity contribution < 1.29 is 22.7 Å². The first kappa shape index (κ1) is 23.7. The Labute approximate surface area is 198 Å². The zero-order valence-corrected chi connectivity index (χ0v) is 20.2. The van der Waals surface area contributed by atoms with Crippen molar-refractivity contribution in [2.24, 2.45) is 0 Å². The van der Waals surface area contributed by atoms with Crippen molar-refractivity contribution in [1.82, 2.24) is 14.1 Å². The molecule has 0 atom stereocenters. The molecule has 1 N–H and O–H groups in total. The highest BCUT2D eigenvalue weighted by Crippen LogP contribution is 2.24. The van der Waals surface area contributed by atoms with Crippen LogP contribution in [0.15, 0.2) is 40.6 Å². The molecule has 4 rings (SSSR count). The molecule has 2 aromatic rings. The number of aryl methyl sites for hydroxylation is 1. The average Bonchev–Trinajstić information content (AvgIpc) is 3.38. The van der Waals surface area contributed by atoms with Gasteiger partial charge in [0, 0.05) is 45.0 Å². The number of carbonyl (C=O) groups is 2. The van der Waals surface area contributed by atoms with Gasteiger partial charge in [-0.3, -0.25) is 9.59 Å². The van der Waals surface area contributed by atoms with Crippen LogP contribution in [0.1, 0.15) is 15.2 Å². The molecule has 2 saturated heterocycles. The lowest BCUT2D eigenvalue weighted by Gasteiger charge is -2.34. The topological polar surface area (TPSA) is 99.3 Å². The number of thiophene rings is 1. The number of rotatable bonds is 6. The third-order valence-electron chi connectivity index (χ3n) is 5.87. The van der Waals surface area contributed by atoms with E-state index < -0.39 is 10.0 Å². The Hall–Kier alpha value is -2.47. The summed E-state index contributed by atoms with van der Waals surface area (Å²) < 4.78 is 32.8. The van der Waals surface area contributed by atoms with E-state index in [0.717, 1.165) is 0 Å². The molecule has 0 spiro atoms. The maximum absolute atomic E-state index is 13.1. The number of nitrogens with one attached hydrogen (secondary N) is 1. The molecule has 2 fully saturated rings. The molecular formula is C22H28N4O5S2. The molecule has 9 nitrogen and oxygen atoms in total. The van der Waals surface area contributed by atoms with Crippen LogP contribution in [0.25, 0.3) is 0 Å². The summed E-state index contributed by atoms with van der Waals surface area (Å²) in [6, 6.07) is 8.77. The predicted molar refractivity (Wildman–Crippen MR) is 126 cm³/mol. The standard InChI is InChI=1S/C22H28N4O5S2/c1-17-4-5-18(15-20(17)33(29,30)26-10-12-31-13-11-26)23-16-21(27)24-6-8-25(9-7-24)22(28)19-3-2-14-32-19/h2-5,14-15,23H,6-13,16H2,1H3. The SMILES string of the molecule is Cc1ccc(NCC(=O)N2CCN(C(=O)c3cccs3)CC2)cc1S(=O)(=O)N1CCOCC1. The van der Waals surface area contributed by atoms with Crippen LogP contribution in [0.5, 0.6) is 0 Å². The van der Waals surface area contributed by atoms with Crippen molar-refractivity contribution in [3.63, 3.8) is 0 Å². The van der Waals surface area contributed by atoms with Crippen LogP contribution in [0, 0.1) is 6.92 Å². The largest absolute Gasteiger partial charge is 0.379 e. The van der Waals surface area contributed by atoms with Gasteiger partial charge in [-0.2, -0.15) is 4.31 Å². The predicted octanol–water partition coefficient (Wildman–Crippen LogP) is 1.47. The van der Waals surface area contributed by atoms with E-state index in [1.165, 1.54) is 15.6 Å². The van der Waals surface area contributed by atoms with Crippen molar-refractivity contribution in [2.45, 2.75) is 11.8 Å². The highest BCUT2D eigenvalue weighted by atomic mass is 32.2. The number of hydrogen-bond donors (Lipinski definition) is 1. The summed E-state index contributed by atoms with van der Waals surface area (Å²) in [4.78, 5) is 29.6. The summed E-state index contributed by atoms with van der Waals surface area (Å²) in [5.74, 6) is -0.0831. The van der Waals surface area contributed by atoms with Crippen molar-refractivity contribution in [3.05, 3.63) is 46.2 Å². The molecule has 0 aliphatic carbocycles. The number of benzene rings is 1. The van der Waals surface area contributed by atoms with Gasteiger partial charge in [0.1, 0.15) is 0 Å². The van der Waals surface area contributed by atoms with Gasteiger partial charge in [0.05, 0.1) is 29.5 Å². The minimum atomic E-state index is -3.63. The van der Waals surface area contributed by atoms with Crippen LogP contribution in [0.3, 0.4) is 0 Å². The Morgan fingerprint density at radius 1 is 1.03 bits per heavy atom. The van der Waals surface area contributed by atoms with Gasteiger partial charge < -0.3 is 19.9 Å². The van der Waals surface area contributed by atoms with Crippen molar-refractivity contribution in [3.8, 4) is 0 Å². The van der Waals surface area contributed by atoms with E-state index in [2.05, 4.69) is 5.32 Å². The molecule has 1 aromatic carbocycles. The first-order valence-electron chi connectivity index (χ1n) is 10.9. The van der Waals surface area contributed by atoms with Gasteiger partial charge in [0.25, 0.3) is 5.91 Å². The fraction of sp³-hybridized carbons (Fsp3) is 0.455. The molecule has 2 aliphatic heterocycles. The van der Waals surface area contributed by atoms with Gasteiger partial charge >= 0.3 is 0 Å². The maximum atomic E-state index is 13.1. The van der Waals surface area contributed by atoms with Crippen molar-refractivity contribution in [1.29, 1.82) is 0 Å². The summed E-state index contributed by atoms with van der Waals surface area (Å²) in [7, 11) is -3.63. The molecule has 2 amide bonds. The molecule has 0 radical (unpaired) electrons. The molecule has 3 heterocycles. The van der Waals surface area contributed by atoms with Gasteiger partial charge in [0.15, 0.2) is 0 Å². The number of ether oxygens (including phenoxy) is 1. The first-order chi connectivity index (χ1) is 15.9. The zero-order valence-electron chi connectivity index (χ0n) is 18.5. The van der Waals surface area contributed by atoms with Gasteiger partial charge in [0.2, 0.25) is 15.9 Å². The van der Waals surface area contributed by atoms with Gasteiger partial charge in [-0.05, 0) is 36.1 Å². The van der Waals surface area contributed by atoms with E-state index in [1.807, 2.05) is 17.5 Å². The maximum Gasteiger partial charge on any atom is 0.264 e.